The highest BCUT2D eigenvalue weighted by Crippen LogP contribution is 2.21. The quantitative estimate of drug-likeness (QED) is 0.579. The molecule has 2 aromatic carbocycles. The number of anilines is 1. The number of benzene rings is 2. The van der Waals surface area contributed by atoms with Gasteiger partial charge in [0.25, 0.3) is 0 Å². The third-order valence-corrected chi connectivity index (χ3v) is 3.62. The zero-order valence-electron chi connectivity index (χ0n) is 12.5. The lowest BCUT2D eigenvalue weighted by Crippen LogP contribution is -2.20. The number of nitrogens with zero attached hydrogens (tertiary/aromatic N) is 1. The van der Waals surface area contributed by atoms with Crippen LogP contribution < -0.4 is 11.2 Å². The molecule has 1 aromatic heterocycles. The minimum Gasteiger partial charge on any atom is -0.465 e. The standard InChI is InChI=1S/C17H12F2N2O3/c1-24-17(23)12-8-21(10-4-2-9(20)3-5-10)15-7-14(19)13(18)6-11(15)16(12)22/h2-8H,20H2,1H3. The Morgan fingerprint density at radius 2 is 1.75 bits per heavy atom. The summed E-state index contributed by atoms with van der Waals surface area (Å²) in [6.45, 7) is 0. The van der Waals surface area contributed by atoms with E-state index in [1.165, 1.54) is 10.8 Å². The summed E-state index contributed by atoms with van der Waals surface area (Å²) < 4.78 is 33.2. The Morgan fingerprint density at radius 1 is 1.12 bits per heavy atom. The molecule has 0 fully saturated rings. The SMILES string of the molecule is COC(=O)c1cn(-c2ccc(N)cc2)c2cc(F)c(F)cc2c1=O. The molecule has 0 saturated heterocycles. The van der Waals surface area contributed by atoms with Gasteiger partial charge in [0.1, 0.15) is 5.56 Å². The van der Waals surface area contributed by atoms with Gasteiger partial charge in [-0.15, -0.1) is 0 Å². The largest absolute Gasteiger partial charge is 0.465 e. The van der Waals surface area contributed by atoms with Gasteiger partial charge in [-0.05, 0) is 30.3 Å². The van der Waals surface area contributed by atoms with Crippen LogP contribution in [0.5, 0.6) is 0 Å². The molecule has 7 heteroatoms. The lowest BCUT2D eigenvalue weighted by Gasteiger charge is -2.13. The Hall–Kier alpha value is -3.22. The number of pyridine rings is 1. The molecule has 24 heavy (non-hydrogen) atoms. The molecule has 0 radical (unpaired) electrons. The van der Waals surface area contributed by atoms with Gasteiger partial charge in [-0.3, -0.25) is 4.79 Å². The van der Waals surface area contributed by atoms with E-state index in [0.29, 0.717) is 11.4 Å². The second-order valence-electron chi connectivity index (χ2n) is 5.11. The number of esters is 1. The van der Waals surface area contributed by atoms with Crippen molar-refractivity contribution < 1.29 is 18.3 Å². The highest BCUT2D eigenvalue weighted by Gasteiger charge is 2.18. The van der Waals surface area contributed by atoms with Crippen molar-refractivity contribution in [1.29, 1.82) is 0 Å². The van der Waals surface area contributed by atoms with E-state index >= 15 is 0 Å². The third-order valence-electron chi connectivity index (χ3n) is 3.62. The van der Waals surface area contributed by atoms with Gasteiger partial charge in [-0.2, -0.15) is 0 Å². The van der Waals surface area contributed by atoms with Gasteiger partial charge in [-0.1, -0.05) is 0 Å². The topological polar surface area (TPSA) is 74.3 Å². The molecule has 0 unspecified atom stereocenters. The molecular formula is C17H12F2N2O3. The summed E-state index contributed by atoms with van der Waals surface area (Å²) in [5, 5.41) is -0.131. The number of carbonyl (C=O) groups is 1. The van der Waals surface area contributed by atoms with Crippen LogP contribution in [0.1, 0.15) is 10.4 Å². The van der Waals surface area contributed by atoms with Crippen LogP contribution in [0.3, 0.4) is 0 Å². The van der Waals surface area contributed by atoms with Crippen LogP contribution in [0.15, 0.2) is 47.4 Å². The highest BCUT2D eigenvalue weighted by atomic mass is 19.2. The number of aromatic nitrogens is 1. The number of rotatable bonds is 2. The molecule has 0 spiro atoms. The van der Waals surface area contributed by atoms with E-state index in [1.54, 1.807) is 24.3 Å². The lowest BCUT2D eigenvalue weighted by atomic mass is 10.1. The summed E-state index contributed by atoms with van der Waals surface area (Å²) in [5.41, 5.74) is 5.77. The maximum atomic E-state index is 13.7. The van der Waals surface area contributed by atoms with Gasteiger partial charge < -0.3 is 15.0 Å². The van der Waals surface area contributed by atoms with E-state index in [0.717, 1.165) is 19.2 Å². The van der Waals surface area contributed by atoms with E-state index in [-0.39, 0.29) is 16.5 Å². The van der Waals surface area contributed by atoms with Crippen LogP contribution in [0.25, 0.3) is 16.6 Å². The summed E-state index contributed by atoms with van der Waals surface area (Å²) in [7, 11) is 1.13. The highest BCUT2D eigenvalue weighted by molar-refractivity contribution is 5.94. The Balaban J connectivity index is 2.44. The number of ether oxygens (including phenoxy) is 1. The normalized spacial score (nSPS) is 10.8. The Labute approximate surface area is 134 Å². The van der Waals surface area contributed by atoms with E-state index < -0.39 is 23.0 Å². The molecule has 0 aliphatic carbocycles. The fourth-order valence-corrected chi connectivity index (χ4v) is 2.42. The van der Waals surface area contributed by atoms with Gasteiger partial charge in [-0.25, -0.2) is 13.6 Å². The van der Waals surface area contributed by atoms with Crippen molar-refractivity contribution in [3.8, 4) is 5.69 Å². The minimum atomic E-state index is -1.18. The van der Waals surface area contributed by atoms with E-state index in [2.05, 4.69) is 4.74 Å². The monoisotopic (exact) mass is 330 g/mol. The summed E-state index contributed by atoms with van der Waals surface area (Å²) in [6, 6.07) is 8.15. The second kappa shape index (κ2) is 5.77. The fraction of sp³-hybridized carbons (Fsp3) is 0.0588. The molecule has 1 heterocycles. The van der Waals surface area contributed by atoms with Crippen LogP contribution in [-0.2, 0) is 4.74 Å². The predicted octanol–water partition coefficient (Wildman–Crippen LogP) is 2.64. The van der Waals surface area contributed by atoms with Crippen LogP contribution in [-0.4, -0.2) is 17.6 Å². The number of halogens is 2. The van der Waals surface area contributed by atoms with E-state index in [1.807, 2.05) is 0 Å². The summed E-state index contributed by atoms with van der Waals surface area (Å²) in [6.07, 6.45) is 1.24. The molecule has 0 amide bonds. The molecule has 0 aliphatic heterocycles. The third kappa shape index (κ3) is 2.50. The van der Waals surface area contributed by atoms with Gasteiger partial charge in [0.15, 0.2) is 11.6 Å². The molecule has 2 N–H and O–H groups in total. The average Bonchev–Trinajstić information content (AvgIpc) is 2.57. The summed E-state index contributed by atoms with van der Waals surface area (Å²) in [5.74, 6) is -3.14. The van der Waals surface area contributed by atoms with Crippen molar-refractivity contribution >= 4 is 22.6 Å². The fourth-order valence-electron chi connectivity index (χ4n) is 2.42. The maximum absolute atomic E-state index is 13.7. The van der Waals surface area contributed by atoms with Crippen molar-refractivity contribution in [2.75, 3.05) is 12.8 Å². The first kappa shape index (κ1) is 15.7. The molecule has 0 bridgehead atoms. The number of carbonyl (C=O) groups excluding carboxylic acids is 1. The first-order valence-corrected chi connectivity index (χ1v) is 6.91. The van der Waals surface area contributed by atoms with Crippen molar-refractivity contribution in [3.05, 3.63) is 70.0 Å². The van der Waals surface area contributed by atoms with Crippen LogP contribution in [0, 0.1) is 11.6 Å². The summed E-state index contributed by atoms with van der Waals surface area (Å²) in [4.78, 5) is 24.3. The van der Waals surface area contributed by atoms with Gasteiger partial charge in [0, 0.05) is 23.6 Å². The van der Waals surface area contributed by atoms with Crippen molar-refractivity contribution in [3.63, 3.8) is 0 Å². The number of hydrogen-bond acceptors (Lipinski definition) is 4. The Kier molecular flexibility index (Phi) is 3.76. The smallest absolute Gasteiger partial charge is 0.343 e. The first-order chi connectivity index (χ1) is 11.4. The Morgan fingerprint density at radius 3 is 2.38 bits per heavy atom. The van der Waals surface area contributed by atoms with E-state index in [4.69, 9.17) is 5.73 Å². The molecule has 3 aromatic rings. The maximum Gasteiger partial charge on any atom is 0.343 e. The number of nitrogens with two attached hydrogens (primary N) is 1. The molecule has 0 aliphatic rings. The van der Waals surface area contributed by atoms with Gasteiger partial charge in [0.2, 0.25) is 5.43 Å². The van der Waals surface area contributed by atoms with Gasteiger partial charge >= 0.3 is 5.97 Å². The number of hydrogen-bond donors (Lipinski definition) is 1. The minimum absolute atomic E-state index is 0.122. The molecule has 0 atom stereocenters. The number of methoxy groups -OCH3 is 1. The predicted molar refractivity (Wildman–Crippen MR) is 85.2 cm³/mol. The molecule has 3 rings (SSSR count). The number of nitrogen functional groups attached to an aromatic ring is 1. The zero-order valence-corrected chi connectivity index (χ0v) is 12.5. The van der Waals surface area contributed by atoms with Crippen LogP contribution in [0.4, 0.5) is 14.5 Å². The molecule has 122 valence electrons. The molecular weight excluding hydrogens is 318 g/mol. The lowest BCUT2D eigenvalue weighted by molar-refractivity contribution is 0.0599. The van der Waals surface area contributed by atoms with Gasteiger partial charge in [0.05, 0.1) is 18.0 Å². The van der Waals surface area contributed by atoms with Crippen molar-refractivity contribution in [2.24, 2.45) is 0 Å². The van der Waals surface area contributed by atoms with Crippen LogP contribution in [0.2, 0.25) is 0 Å². The average molecular weight is 330 g/mol. The Bertz CT molecular complexity index is 1010. The molecule has 0 saturated carbocycles. The number of fused-ring (bicyclic) bond motifs is 1. The van der Waals surface area contributed by atoms with Crippen molar-refractivity contribution in [1.82, 2.24) is 4.57 Å². The van der Waals surface area contributed by atoms with E-state index in [9.17, 15) is 18.4 Å². The summed E-state index contributed by atoms with van der Waals surface area (Å²) >= 11 is 0. The molecule has 5 nitrogen and oxygen atoms in total. The first-order valence-electron chi connectivity index (χ1n) is 6.91. The second-order valence-corrected chi connectivity index (χ2v) is 5.11. The van der Waals surface area contributed by atoms with Crippen molar-refractivity contribution in [2.45, 2.75) is 0 Å². The zero-order chi connectivity index (χ0) is 17.4. The van der Waals surface area contributed by atoms with Crippen LogP contribution >= 0.6 is 0 Å².